The first-order valence-corrected chi connectivity index (χ1v) is 7.40. The van der Waals surface area contributed by atoms with Crippen LogP contribution in [0.2, 0.25) is 0 Å². The number of carbonyl (C=O) groups is 1. The third-order valence-corrected chi connectivity index (χ3v) is 3.59. The molecule has 1 atom stereocenters. The molecule has 0 saturated heterocycles. The van der Waals surface area contributed by atoms with Gasteiger partial charge in [0.05, 0.1) is 19.3 Å². The fraction of sp³-hybridized carbons (Fsp3) is 0.278. The average molecular weight is 314 g/mol. The molecule has 1 unspecified atom stereocenters. The van der Waals surface area contributed by atoms with E-state index in [1.807, 2.05) is 49.4 Å². The number of anilines is 1. The van der Waals surface area contributed by atoms with E-state index in [1.165, 1.54) is 0 Å². The molecule has 122 valence electrons. The van der Waals surface area contributed by atoms with Crippen LogP contribution in [-0.2, 0) is 5.60 Å². The Labute approximate surface area is 136 Å². The summed E-state index contributed by atoms with van der Waals surface area (Å²) in [4.78, 5) is 12.1. The van der Waals surface area contributed by atoms with Gasteiger partial charge >= 0.3 is 6.03 Å². The summed E-state index contributed by atoms with van der Waals surface area (Å²) < 4.78 is 5.25. The second kappa shape index (κ2) is 7.15. The highest BCUT2D eigenvalue weighted by Gasteiger charge is 2.23. The van der Waals surface area contributed by atoms with Gasteiger partial charge in [0.1, 0.15) is 11.4 Å². The number of rotatable bonds is 5. The largest absolute Gasteiger partial charge is 0.495 e. The summed E-state index contributed by atoms with van der Waals surface area (Å²) in [5.74, 6) is 0.593. The number of urea groups is 1. The first-order chi connectivity index (χ1) is 10.9. The molecule has 2 rings (SSSR count). The number of nitrogens with one attached hydrogen (secondary N) is 2. The lowest BCUT2D eigenvalue weighted by Crippen LogP contribution is -2.40. The number of methoxy groups -OCH3 is 1. The van der Waals surface area contributed by atoms with Crippen molar-refractivity contribution in [3.05, 3.63) is 59.7 Å². The highest BCUT2D eigenvalue weighted by Crippen LogP contribution is 2.25. The van der Waals surface area contributed by atoms with Crippen LogP contribution in [0.1, 0.15) is 18.1 Å². The predicted octanol–water partition coefficient (Wildman–Crippen LogP) is 3.03. The molecule has 0 spiro atoms. The second-order valence-corrected chi connectivity index (χ2v) is 5.65. The second-order valence-electron chi connectivity index (χ2n) is 5.65. The molecule has 5 heteroatoms. The first-order valence-electron chi connectivity index (χ1n) is 7.40. The van der Waals surface area contributed by atoms with E-state index in [-0.39, 0.29) is 6.54 Å². The molecule has 2 aromatic carbocycles. The molecular weight excluding hydrogens is 292 g/mol. The number of aryl methyl sites for hydroxylation is 1. The third-order valence-electron chi connectivity index (χ3n) is 3.59. The Balaban J connectivity index is 1.98. The molecule has 0 aliphatic carbocycles. The Bertz CT molecular complexity index is 669. The van der Waals surface area contributed by atoms with Gasteiger partial charge in [-0.1, -0.05) is 36.4 Å². The molecule has 2 aromatic rings. The highest BCUT2D eigenvalue weighted by molar-refractivity contribution is 5.91. The summed E-state index contributed by atoms with van der Waals surface area (Å²) in [6, 6.07) is 14.3. The van der Waals surface area contributed by atoms with Gasteiger partial charge in [0.15, 0.2) is 0 Å². The van der Waals surface area contributed by atoms with Crippen LogP contribution in [0.4, 0.5) is 10.5 Å². The van der Waals surface area contributed by atoms with E-state index in [4.69, 9.17) is 4.74 Å². The molecule has 0 aromatic heterocycles. The quantitative estimate of drug-likeness (QED) is 0.794. The fourth-order valence-corrected chi connectivity index (χ4v) is 2.22. The number of hydrogen-bond donors (Lipinski definition) is 3. The van der Waals surface area contributed by atoms with E-state index in [2.05, 4.69) is 10.6 Å². The minimum Gasteiger partial charge on any atom is -0.495 e. The van der Waals surface area contributed by atoms with Crippen LogP contribution in [-0.4, -0.2) is 24.8 Å². The summed E-state index contributed by atoms with van der Waals surface area (Å²) in [6.45, 7) is 3.70. The van der Waals surface area contributed by atoms with Crippen LogP contribution in [0.15, 0.2) is 48.5 Å². The van der Waals surface area contributed by atoms with Gasteiger partial charge in [-0.3, -0.25) is 0 Å². The number of carbonyl (C=O) groups excluding carboxylic acids is 1. The Morgan fingerprint density at radius 1 is 1.22 bits per heavy atom. The van der Waals surface area contributed by atoms with Crippen LogP contribution in [0, 0.1) is 6.92 Å². The van der Waals surface area contributed by atoms with Crippen LogP contribution in [0.25, 0.3) is 0 Å². The monoisotopic (exact) mass is 314 g/mol. The van der Waals surface area contributed by atoms with Gasteiger partial charge in [-0.2, -0.15) is 0 Å². The molecule has 23 heavy (non-hydrogen) atoms. The van der Waals surface area contributed by atoms with Crippen LogP contribution in [0.5, 0.6) is 5.75 Å². The highest BCUT2D eigenvalue weighted by atomic mass is 16.5. The predicted molar refractivity (Wildman–Crippen MR) is 90.8 cm³/mol. The van der Waals surface area contributed by atoms with Crippen molar-refractivity contribution in [2.75, 3.05) is 19.0 Å². The van der Waals surface area contributed by atoms with Gasteiger partial charge < -0.3 is 20.5 Å². The van der Waals surface area contributed by atoms with Crippen molar-refractivity contribution >= 4 is 11.7 Å². The van der Waals surface area contributed by atoms with E-state index in [0.29, 0.717) is 11.4 Å². The lowest BCUT2D eigenvalue weighted by Gasteiger charge is -2.24. The molecule has 0 saturated carbocycles. The number of amides is 2. The van der Waals surface area contributed by atoms with Gasteiger partial charge in [0.2, 0.25) is 0 Å². The molecule has 0 heterocycles. The van der Waals surface area contributed by atoms with Crippen molar-refractivity contribution in [2.45, 2.75) is 19.4 Å². The minimum absolute atomic E-state index is 0.0943. The zero-order valence-electron chi connectivity index (χ0n) is 13.6. The van der Waals surface area contributed by atoms with Crippen LogP contribution in [0.3, 0.4) is 0 Å². The van der Waals surface area contributed by atoms with Gasteiger partial charge in [0, 0.05) is 0 Å². The van der Waals surface area contributed by atoms with Gasteiger partial charge in [-0.15, -0.1) is 0 Å². The Morgan fingerprint density at radius 2 is 1.91 bits per heavy atom. The Kier molecular flexibility index (Phi) is 5.24. The first kappa shape index (κ1) is 16.8. The summed E-state index contributed by atoms with van der Waals surface area (Å²) in [6.07, 6.45) is 0. The van der Waals surface area contributed by atoms with Crippen molar-refractivity contribution in [1.29, 1.82) is 0 Å². The van der Waals surface area contributed by atoms with E-state index >= 15 is 0 Å². The molecule has 5 nitrogen and oxygen atoms in total. The van der Waals surface area contributed by atoms with Gasteiger partial charge in [-0.05, 0) is 37.1 Å². The number of benzene rings is 2. The zero-order chi connectivity index (χ0) is 16.9. The maximum atomic E-state index is 12.1. The van der Waals surface area contributed by atoms with Crippen molar-refractivity contribution in [3.63, 3.8) is 0 Å². The van der Waals surface area contributed by atoms with Crippen LogP contribution < -0.4 is 15.4 Å². The molecule has 2 amide bonds. The third kappa shape index (κ3) is 4.47. The van der Waals surface area contributed by atoms with Crippen molar-refractivity contribution < 1.29 is 14.6 Å². The summed E-state index contributed by atoms with van der Waals surface area (Å²) in [5.41, 5.74) is 1.22. The lowest BCUT2D eigenvalue weighted by atomic mass is 9.96. The lowest BCUT2D eigenvalue weighted by molar-refractivity contribution is 0.0599. The maximum absolute atomic E-state index is 12.1. The van der Waals surface area contributed by atoms with E-state index < -0.39 is 11.6 Å². The standard InChI is InChI=1S/C18H22N2O3/c1-13-9-10-15(16(11-13)23-3)20-17(21)19-12-18(2,22)14-7-5-4-6-8-14/h4-11,22H,12H2,1-3H3,(H2,19,20,21). The normalized spacial score (nSPS) is 13.0. The smallest absolute Gasteiger partial charge is 0.319 e. The summed E-state index contributed by atoms with van der Waals surface area (Å²) in [5, 5.41) is 15.9. The minimum atomic E-state index is -1.14. The molecule has 0 fully saturated rings. The molecule has 0 radical (unpaired) electrons. The average Bonchev–Trinajstić information content (AvgIpc) is 2.55. The molecule has 0 bridgehead atoms. The Hall–Kier alpha value is -2.53. The summed E-state index contributed by atoms with van der Waals surface area (Å²) in [7, 11) is 1.55. The molecule has 0 aliphatic rings. The van der Waals surface area contributed by atoms with E-state index in [0.717, 1.165) is 11.1 Å². The Morgan fingerprint density at radius 3 is 2.57 bits per heavy atom. The number of ether oxygens (including phenoxy) is 1. The maximum Gasteiger partial charge on any atom is 0.319 e. The SMILES string of the molecule is COc1cc(C)ccc1NC(=O)NCC(C)(O)c1ccccc1. The zero-order valence-corrected chi connectivity index (χ0v) is 13.6. The van der Waals surface area contributed by atoms with Crippen LogP contribution >= 0.6 is 0 Å². The number of hydrogen-bond acceptors (Lipinski definition) is 3. The van der Waals surface area contributed by atoms with Crippen molar-refractivity contribution in [2.24, 2.45) is 0 Å². The molecule has 0 aliphatic heterocycles. The topological polar surface area (TPSA) is 70.6 Å². The fourth-order valence-electron chi connectivity index (χ4n) is 2.22. The van der Waals surface area contributed by atoms with E-state index in [9.17, 15) is 9.90 Å². The van der Waals surface area contributed by atoms with Gasteiger partial charge in [0.25, 0.3) is 0 Å². The van der Waals surface area contributed by atoms with Crippen molar-refractivity contribution in [3.8, 4) is 5.75 Å². The molecular formula is C18H22N2O3. The van der Waals surface area contributed by atoms with Gasteiger partial charge in [-0.25, -0.2) is 4.79 Å². The van der Waals surface area contributed by atoms with E-state index in [1.54, 1.807) is 20.1 Å². The summed E-state index contributed by atoms with van der Waals surface area (Å²) >= 11 is 0. The van der Waals surface area contributed by atoms with Crippen molar-refractivity contribution in [1.82, 2.24) is 5.32 Å². The number of aliphatic hydroxyl groups is 1. The molecule has 3 N–H and O–H groups in total.